The first-order chi connectivity index (χ1) is 9.95. The molecule has 0 aliphatic rings. The van der Waals surface area contributed by atoms with Crippen LogP contribution in [-0.2, 0) is 0 Å². The molecule has 7 heteroatoms. The second-order valence-electron chi connectivity index (χ2n) is 4.25. The zero-order chi connectivity index (χ0) is 15.1. The Balaban J connectivity index is 2.30. The summed E-state index contributed by atoms with van der Waals surface area (Å²) in [4.78, 5) is 8.93. The zero-order valence-electron chi connectivity index (χ0n) is 10.2. The molecule has 0 aliphatic heterocycles. The Labute approximate surface area is 156 Å². The van der Waals surface area contributed by atoms with E-state index in [0.717, 1.165) is 29.9 Å². The molecule has 0 unspecified atom stereocenters. The fourth-order valence-corrected chi connectivity index (χ4v) is 4.21. The fourth-order valence-electron chi connectivity index (χ4n) is 1.91. The van der Waals surface area contributed by atoms with E-state index in [-0.39, 0.29) is 0 Å². The summed E-state index contributed by atoms with van der Waals surface area (Å²) in [5.41, 5.74) is 1.48. The minimum atomic E-state index is 0.385. The van der Waals surface area contributed by atoms with Crippen LogP contribution in [0.5, 0.6) is 0 Å². The fraction of sp³-hybridized carbons (Fsp3) is 0. The van der Waals surface area contributed by atoms with Crippen LogP contribution in [0.1, 0.15) is 0 Å². The summed E-state index contributed by atoms with van der Waals surface area (Å²) in [6, 6.07) is 9.35. The molecule has 3 aromatic rings. The maximum absolute atomic E-state index is 6.29. The van der Waals surface area contributed by atoms with Crippen LogP contribution in [0.3, 0.4) is 0 Å². The van der Waals surface area contributed by atoms with Gasteiger partial charge in [-0.1, -0.05) is 55.1 Å². The SMILES string of the molecule is Clc1cc(Br)ccc1-c1nc(Cl)c2cc(Br)cc(Br)c2n1. The Morgan fingerprint density at radius 1 is 0.857 bits per heavy atom. The average Bonchev–Trinajstić information content (AvgIpc) is 2.40. The van der Waals surface area contributed by atoms with E-state index in [1.54, 1.807) is 6.07 Å². The van der Waals surface area contributed by atoms with Gasteiger partial charge in [-0.2, -0.15) is 0 Å². The molecular formula is C14H5Br3Cl2N2. The Bertz CT molecular complexity index is 868. The van der Waals surface area contributed by atoms with Crippen LogP contribution in [-0.4, -0.2) is 9.97 Å². The van der Waals surface area contributed by atoms with Gasteiger partial charge in [0.15, 0.2) is 5.82 Å². The maximum Gasteiger partial charge on any atom is 0.163 e. The molecule has 106 valence electrons. The third kappa shape index (κ3) is 3.13. The van der Waals surface area contributed by atoms with Gasteiger partial charge in [-0.3, -0.25) is 0 Å². The van der Waals surface area contributed by atoms with Crippen molar-refractivity contribution in [1.29, 1.82) is 0 Å². The van der Waals surface area contributed by atoms with Crippen molar-refractivity contribution in [3.63, 3.8) is 0 Å². The molecule has 0 amide bonds. The molecule has 0 spiro atoms. The van der Waals surface area contributed by atoms with Crippen molar-refractivity contribution in [2.75, 3.05) is 0 Å². The van der Waals surface area contributed by atoms with E-state index in [0.29, 0.717) is 16.0 Å². The van der Waals surface area contributed by atoms with E-state index in [2.05, 4.69) is 57.8 Å². The number of benzene rings is 2. The number of rotatable bonds is 1. The van der Waals surface area contributed by atoms with Crippen molar-refractivity contribution >= 4 is 81.9 Å². The molecule has 0 bridgehead atoms. The first-order valence-electron chi connectivity index (χ1n) is 5.73. The van der Waals surface area contributed by atoms with Gasteiger partial charge in [0.05, 0.1) is 10.5 Å². The van der Waals surface area contributed by atoms with Crippen LogP contribution in [0.15, 0.2) is 43.7 Å². The maximum atomic E-state index is 6.29. The smallest absolute Gasteiger partial charge is 0.163 e. The average molecular weight is 512 g/mol. The highest BCUT2D eigenvalue weighted by Gasteiger charge is 2.13. The second-order valence-corrected chi connectivity index (χ2v) is 7.70. The van der Waals surface area contributed by atoms with Crippen molar-refractivity contribution in [1.82, 2.24) is 9.97 Å². The van der Waals surface area contributed by atoms with Crippen molar-refractivity contribution in [3.05, 3.63) is 53.9 Å². The van der Waals surface area contributed by atoms with Gasteiger partial charge in [-0.05, 0) is 46.3 Å². The van der Waals surface area contributed by atoms with E-state index in [1.807, 2.05) is 24.3 Å². The number of fused-ring (bicyclic) bond motifs is 1. The highest BCUT2D eigenvalue weighted by molar-refractivity contribution is 9.11. The second kappa shape index (κ2) is 6.13. The molecule has 1 aromatic heterocycles. The standard InChI is InChI=1S/C14H5Br3Cl2N2/c15-6-1-2-8(11(18)5-6)14-20-12-9(13(19)21-14)3-7(16)4-10(12)17/h1-5H. The van der Waals surface area contributed by atoms with E-state index in [1.165, 1.54) is 0 Å². The van der Waals surface area contributed by atoms with Gasteiger partial charge in [-0.15, -0.1) is 0 Å². The summed E-state index contributed by atoms with van der Waals surface area (Å²) in [5, 5.41) is 1.72. The summed E-state index contributed by atoms with van der Waals surface area (Å²) >= 11 is 22.9. The van der Waals surface area contributed by atoms with E-state index in [4.69, 9.17) is 23.2 Å². The summed E-state index contributed by atoms with van der Waals surface area (Å²) in [5.74, 6) is 0.494. The van der Waals surface area contributed by atoms with Gasteiger partial charge in [0.1, 0.15) is 5.15 Å². The largest absolute Gasteiger partial charge is 0.227 e. The third-order valence-corrected chi connectivity index (χ3v) is 5.00. The molecule has 0 fully saturated rings. The number of halogens is 5. The first kappa shape index (κ1) is 15.7. The van der Waals surface area contributed by atoms with Crippen LogP contribution in [0, 0.1) is 0 Å². The van der Waals surface area contributed by atoms with Crippen LogP contribution >= 0.6 is 71.0 Å². The summed E-state index contributed by atoms with van der Waals surface area (Å²) in [6.45, 7) is 0. The molecule has 2 nitrogen and oxygen atoms in total. The lowest BCUT2D eigenvalue weighted by atomic mass is 10.2. The molecule has 0 saturated carbocycles. The predicted octanol–water partition coefficient (Wildman–Crippen LogP) is 6.89. The highest BCUT2D eigenvalue weighted by Crippen LogP contribution is 2.34. The molecule has 2 aromatic carbocycles. The van der Waals surface area contributed by atoms with Crippen molar-refractivity contribution < 1.29 is 0 Å². The van der Waals surface area contributed by atoms with Gasteiger partial charge in [0.25, 0.3) is 0 Å². The van der Waals surface area contributed by atoms with Crippen LogP contribution in [0.4, 0.5) is 0 Å². The van der Waals surface area contributed by atoms with Crippen LogP contribution in [0.2, 0.25) is 10.2 Å². The van der Waals surface area contributed by atoms with E-state index < -0.39 is 0 Å². The monoisotopic (exact) mass is 508 g/mol. The lowest BCUT2D eigenvalue weighted by Gasteiger charge is -2.08. The van der Waals surface area contributed by atoms with Crippen molar-refractivity contribution in [2.24, 2.45) is 0 Å². The van der Waals surface area contributed by atoms with E-state index in [9.17, 15) is 0 Å². The molecule has 0 radical (unpaired) electrons. The Morgan fingerprint density at radius 2 is 1.62 bits per heavy atom. The number of nitrogens with zero attached hydrogens (tertiary/aromatic N) is 2. The van der Waals surface area contributed by atoms with E-state index >= 15 is 0 Å². The normalized spacial score (nSPS) is 11.1. The molecule has 0 aliphatic carbocycles. The Hall–Kier alpha value is -0.200. The van der Waals surface area contributed by atoms with Gasteiger partial charge in [0.2, 0.25) is 0 Å². The minimum absolute atomic E-state index is 0.385. The van der Waals surface area contributed by atoms with Gasteiger partial charge in [-0.25, -0.2) is 9.97 Å². The molecule has 0 saturated heterocycles. The first-order valence-corrected chi connectivity index (χ1v) is 8.87. The van der Waals surface area contributed by atoms with Gasteiger partial charge >= 0.3 is 0 Å². The number of aromatic nitrogens is 2. The van der Waals surface area contributed by atoms with Gasteiger partial charge in [0, 0.05) is 24.4 Å². The van der Waals surface area contributed by atoms with Crippen LogP contribution < -0.4 is 0 Å². The van der Waals surface area contributed by atoms with Crippen molar-refractivity contribution in [3.8, 4) is 11.4 Å². The zero-order valence-corrected chi connectivity index (χ0v) is 16.4. The molecule has 0 N–H and O–H groups in total. The molecule has 3 rings (SSSR count). The Morgan fingerprint density at radius 3 is 2.33 bits per heavy atom. The number of hydrogen-bond acceptors (Lipinski definition) is 2. The molecular weight excluding hydrogens is 507 g/mol. The number of hydrogen-bond donors (Lipinski definition) is 0. The predicted molar refractivity (Wildman–Crippen MR) is 98.1 cm³/mol. The summed E-state index contributed by atoms with van der Waals surface area (Å²) < 4.78 is 2.64. The quantitative estimate of drug-likeness (QED) is 0.332. The summed E-state index contributed by atoms with van der Waals surface area (Å²) in [7, 11) is 0. The topological polar surface area (TPSA) is 25.8 Å². The Kier molecular flexibility index (Phi) is 4.58. The highest BCUT2D eigenvalue weighted by atomic mass is 79.9. The third-order valence-electron chi connectivity index (χ3n) is 2.84. The lowest BCUT2D eigenvalue weighted by Crippen LogP contribution is -1.93. The van der Waals surface area contributed by atoms with Crippen LogP contribution in [0.25, 0.3) is 22.3 Å². The summed E-state index contributed by atoms with van der Waals surface area (Å²) in [6.07, 6.45) is 0. The minimum Gasteiger partial charge on any atom is -0.227 e. The van der Waals surface area contributed by atoms with Crippen molar-refractivity contribution in [2.45, 2.75) is 0 Å². The molecule has 1 heterocycles. The lowest BCUT2D eigenvalue weighted by molar-refractivity contribution is 1.22. The van der Waals surface area contributed by atoms with Gasteiger partial charge < -0.3 is 0 Å². The molecule has 0 atom stereocenters. The molecule has 21 heavy (non-hydrogen) atoms.